The van der Waals surface area contributed by atoms with Crippen LogP contribution in [0.25, 0.3) is 0 Å². The number of hydrogen-bond donors (Lipinski definition) is 2. The predicted molar refractivity (Wildman–Crippen MR) is 84.6 cm³/mol. The van der Waals surface area contributed by atoms with E-state index in [0.717, 1.165) is 4.31 Å². The quantitative estimate of drug-likeness (QED) is 0.651. The zero-order valence-corrected chi connectivity index (χ0v) is 13.2. The zero-order chi connectivity index (χ0) is 17.3. The molecule has 0 radical (unpaired) electrons. The summed E-state index contributed by atoms with van der Waals surface area (Å²) in [7, 11) is -3.83. The van der Waals surface area contributed by atoms with E-state index in [1.165, 1.54) is 35.8 Å². The van der Waals surface area contributed by atoms with Crippen molar-refractivity contribution in [2.75, 3.05) is 4.31 Å². The lowest BCUT2D eigenvalue weighted by Gasteiger charge is -2.25. The Balaban J connectivity index is 2.14. The number of carbonyl (C=O) groups excluding carboxylic acids is 1. The summed E-state index contributed by atoms with van der Waals surface area (Å²) >= 11 is 0. The van der Waals surface area contributed by atoms with E-state index in [9.17, 15) is 13.2 Å². The Hall–Kier alpha value is -2.89. The minimum absolute atomic E-state index is 0.130. The molecule has 2 N–H and O–H groups in total. The predicted octanol–water partition coefficient (Wildman–Crippen LogP) is 1.70. The normalized spacial score (nSPS) is 17.8. The second-order valence-electron chi connectivity index (χ2n) is 5.25. The van der Waals surface area contributed by atoms with Crippen molar-refractivity contribution in [2.45, 2.75) is 17.4 Å². The maximum atomic E-state index is 12.9. The summed E-state index contributed by atoms with van der Waals surface area (Å²) in [5.74, 6) is -0.689. The van der Waals surface area contributed by atoms with E-state index in [1.807, 2.05) is 6.07 Å². The molecule has 2 aromatic rings. The largest absolute Gasteiger partial charge is 0.289 e. The molecule has 3 rings (SSSR count). The molecule has 8 heteroatoms. The fraction of sp³-hybridized carbons (Fsp3) is 0.125. The molecule has 0 aliphatic carbocycles. The minimum Gasteiger partial charge on any atom is -0.289 e. The Kier molecular flexibility index (Phi) is 3.97. The molecule has 1 amide bonds. The Morgan fingerprint density at radius 3 is 2.50 bits per heavy atom. The Labute approximate surface area is 138 Å². The van der Waals surface area contributed by atoms with E-state index in [-0.39, 0.29) is 11.3 Å². The fourth-order valence-electron chi connectivity index (χ4n) is 2.81. The van der Waals surface area contributed by atoms with Crippen molar-refractivity contribution in [3.05, 3.63) is 59.7 Å². The van der Waals surface area contributed by atoms with E-state index in [1.54, 1.807) is 18.2 Å². The van der Waals surface area contributed by atoms with E-state index >= 15 is 0 Å². The van der Waals surface area contributed by atoms with Crippen molar-refractivity contribution in [1.29, 1.82) is 5.26 Å². The summed E-state index contributed by atoms with van der Waals surface area (Å²) in [6, 6.07) is 13.7. The lowest BCUT2D eigenvalue weighted by molar-refractivity contribution is -0.129. The highest BCUT2D eigenvalue weighted by atomic mass is 32.2. The van der Waals surface area contributed by atoms with Gasteiger partial charge in [0, 0.05) is 0 Å². The second-order valence-corrected chi connectivity index (χ2v) is 7.04. The van der Waals surface area contributed by atoms with Gasteiger partial charge in [-0.25, -0.2) is 13.9 Å². The fourth-order valence-corrected chi connectivity index (χ4v) is 4.69. The van der Waals surface area contributed by atoms with Gasteiger partial charge in [0.15, 0.2) is 0 Å². The number of anilines is 1. The summed E-state index contributed by atoms with van der Waals surface area (Å²) in [4.78, 5) is 11.8. The van der Waals surface area contributed by atoms with Crippen LogP contribution in [0.5, 0.6) is 0 Å². The molecule has 0 bridgehead atoms. The number of benzene rings is 2. The molecule has 1 aliphatic rings. The molecule has 0 saturated carbocycles. The van der Waals surface area contributed by atoms with Crippen LogP contribution in [0.4, 0.5) is 5.69 Å². The van der Waals surface area contributed by atoms with E-state index < -0.39 is 22.0 Å². The SMILES string of the molecule is N#Cc1ccc(N2C(CC(=O)NO)c3ccccc3S2(=O)=O)cc1. The van der Waals surface area contributed by atoms with E-state index in [0.29, 0.717) is 16.8 Å². The van der Waals surface area contributed by atoms with Gasteiger partial charge in [0.05, 0.1) is 34.7 Å². The van der Waals surface area contributed by atoms with Crippen LogP contribution in [-0.4, -0.2) is 19.5 Å². The minimum atomic E-state index is -3.83. The van der Waals surface area contributed by atoms with Crippen LogP contribution in [0, 0.1) is 11.3 Å². The van der Waals surface area contributed by atoms with Gasteiger partial charge < -0.3 is 0 Å². The molecule has 1 heterocycles. The summed E-state index contributed by atoms with van der Waals surface area (Å²) in [5, 5.41) is 17.7. The summed E-state index contributed by atoms with van der Waals surface area (Å²) in [5.41, 5.74) is 2.78. The Morgan fingerprint density at radius 2 is 1.88 bits per heavy atom. The van der Waals surface area contributed by atoms with Crippen LogP contribution >= 0.6 is 0 Å². The average Bonchev–Trinajstić information content (AvgIpc) is 2.82. The first kappa shape index (κ1) is 16.0. The van der Waals surface area contributed by atoms with Gasteiger partial charge in [-0.3, -0.25) is 14.3 Å². The number of hydroxylamine groups is 1. The number of nitrogens with zero attached hydrogens (tertiary/aromatic N) is 2. The maximum absolute atomic E-state index is 12.9. The standard InChI is InChI=1S/C16H13N3O4S/c17-10-11-5-7-12(8-6-11)19-14(9-16(20)18-21)13-3-1-2-4-15(13)24(19,22)23/h1-8,14,21H,9H2,(H,18,20). The monoisotopic (exact) mass is 343 g/mol. The van der Waals surface area contributed by atoms with E-state index in [2.05, 4.69) is 0 Å². The van der Waals surface area contributed by atoms with Gasteiger partial charge in [-0.15, -0.1) is 0 Å². The van der Waals surface area contributed by atoms with Gasteiger partial charge in [0.1, 0.15) is 0 Å². The molecule has 0 aromatic heterocycles. The van der Waals surface area contributed by atoms with Crippen molar-refractivity contribution < 1.29 is 18.4 Å². The Morgan fingerprint density at radius 1 is 1.21 bits per heavy atom. The molecule has 24 heavy (non-hydrogen) atoms. The first-order chi connectivity index (χ1) is 11.5. The highest BCUT2D eigenvalue weighted by molar-refractivity contribution is 7.93. The molecule has 0 spiro atoms. The van der Waals surface area contributed by atoms with Crippen LogP contribution < -0.4 is 9.79 Å². The number of amides is 1. The van der Waals surface area contributed by atoms with Crippen LogP contribution in [0.3, 0.4) is 0 Å². The number of rotatable bonds is 3. The number of fused-ring (bicyclic) bond motifs is 1. The smallest absolute Gasteiger partial charge is 0.265 e. The molecule has 1 unspecified atom stereocenters. The third kappa shape index (κ3) is 2.50. The van der Waals surface area contributed by atoms with Gasteiger partial charge in [-0.05, 0) is 35.9 Å². The van der Waals surface area contributed by atoms with Gasteiger partial charge in [-0.1, -0.05) is 18.2 Å². The van der Waals surface area contributed by atoms with Crippen LogP contribution in [0.1, 0.15) is 23.6 Å². The van der Waals surface area contributed by atoms with Crippen LogP contribution in [0.15, 0.2) is 53.4 Å². The van der Waals surface area contributed by atoms with Crippen LogP contribution in [0.2, 0.25) is 0 Å². The zero-order valence-electron chi connectivity index (χ0n) is 12.4. The summed E-state index contributed by atoms with van der Waals surface area (Å²) in [6.45, 7) is 0. The molecule has 1 aliphatic heterocycles. The highest BCUT2D eigenvalue weighted by Gasteiger charge is 2.43. The van der Waals surface area contributed by atoms with Crippen molar-refractivity contribution in [3.63, 3.8) is 0 Å². The topological polar surface area (TPSA) is 110 Å². The van der Waals surface area contributed by atoms with Gasteiger partial charge in [0.2, 0.25) is 5.91 Å². The lowest BCUT2D eigenvalue weighted by atomic mass is 10.0. The number of nitriles is 1. The van der Waals surface area contributed by atoms with Crippen molar-refractivity contribution >= 4 is 21.6 Å². The average molecular weight is 343 g/mol. The number of nitrogens with one attached hydrogen (secondary N) is 1. The second kappa shape index (κ2) is 5.96. The van der Waals surface area contributed by atoms with Crippen molar-refractivity contribution in [2.24, 2.45) is 0 Å². The Bertz CT molecular complexity index is 933. The summed E-state index contributed by atoms with van der Waals surface area (Å²) < 4.78 is 26.9. The third-order valence-electron chi connectivity index (χ3n) is 3.85. The number of sulfonamides is 1. The van der Waals surface area contributed by atoms with E-state index in [4.69, 9.17) is 10.5 Å². The molecular formula is C16H13N3O4S. The first-order valence-corrected chi connectivity index (χ1v) is 8.49. The molecule has 0 fully saturated rings. The lowest BCUT2D eigenvalue weighted by Crippen LogP contribution is -2.32. The molecular weight excluding hydrogens is 330 g/mol. The first-order valence-electron chi connectivity index (χ1n) is 7.05. The summed E-state index contributed by atoms with van der Waals surface area (Å²) in [6.07, 6.45) is -0.229. The number of carbonyl (C=O) groups is 1. The molecule has 7 nitrogen and oxygen atoms in total. The molecule has 122 valence electrons. The number of hydrogen-bond acceptors (Lipinski definition) is 5. The maximum Gasteiger partial charge on any atom is 0.265 e. The van der Waals surface area contributed by atoms with Crippen molar-refractivity contribution in [1.82, 2.24) is 5.48 Å². The van der Waals surface area contributed by atoms with Gasteiger partial charge in [0.25, 0.3) is 10.0 Å². The highest BCUT2D eigenvalue weighted by Crippen LogP contribution is 2.44. The molecule has 1 atom stereocenters. The molecule has 2 aromatic carbocycles. The third-order valence-corrected chi connectivity index (χ3v) is 5.76. The van der Waals surface area contributed by atoms with Gasteiger partial charge in [-0.2, -0.15) is 5.26 Å². The van der Waals surface area contributed by atoms with Crippen LogP contribution in [-0.2, 0) is 14.8 Å². The van der Waals surface area contributed by atoms with Gasteiger partial charge >= 0.3 is 0 Å². The molecule has 0 saturated heterocycles. The van der Waals surface area contributed by atoms with Crippen molar-refractivity contribution in [3.8, 4) is 6.07 Å².